The van der Waals surface area contributed by atoms with Crippen LogP contribution in [0, 0.1) is 6.92 Å². The summed E-state index contributed by atoms with van der Waals surface area (Å²) in [5.74, 6) is 0.215. The second-order valence-corrected chi connectivity index (χ2v) is 3.36. The topological polar surface area (TPSA) is 46.2 Å². The lowest BCUT2D eigenvalue weighted by atomic mass is 10.1. The van der Waals surface area contributed by atoms with Crippen LogP contribution < -0.4 is 5.73 Å². The average molecular weight is 186 g/mol. The first kappa shape index (κ1) is 9.36. The van der Waals surface area contributed by atoms with Crippen molar-refractivity contribution in [3.05, 3.63) is 28.3 Å². The minimum Gasteiger partial charge on any atom is -0.508 e. The van der Waals surface area contributed by atoms with E-state index in [0.717, 1.165) is 5.56 Å². The van der Waals surface area contributed by atoms with E-state index in [0.29, 0.717) is 10.6 Å². The summed E-state index contributed by atoms with van der Waals surface area (Å²) >= 11 is 5.86. The molecule has 0 saturated heterocycles. The number of rotatable bonds is 1. The van der Waals surface area contributed by atoms with Crippen molar-refractivity contribution in [1.82, 2.24) is 0 Å². The number of phenols is 1. The van der Waals surface area contributed by atoms with Crippen LogP contribution in [0.3, 0.4) is 0 Å². The van der Waals surface area contributed by atoms with Gasteiger partial charge in [-0.05, 0) is 31.5 Å². The first-order chi connectivity index (χ1) is 5.52. The minimum absolute atomic E-state index is 0.192. The predicted octanol–water partition coefficient (Wildman–Crippen LogP) is 2.37. The van der Waals surface area contributed by atoms with Crippen molar-refractivity contribution in [1.29, 1.82) is 0 Å². The highest BCUT2D eigenvalue weighted by Gasteiger charge is 2.08. The maximum Gasteiger partial charge on any atom is 0.120 e. The summed E-state index contributed by atoms with van der Waals surface area (Å²) < 4.78 is 0. The fourth-order valence-corrected chi connectivity index (χ4v) is 1.22. The van der Waals surface area contributed by atoms with Gasteiger partial charge in [0, 0.05) is 16.6 Å². The molecule has 0 aliphatic rings. The summed E-state index contributed by atoms with van der Waals surface area (Å²) in [6.45, 7) is 3.65. The van der Waals surface area contributed by atoms with Crippen molar-refractivity contribution in [3.8, 4) is 5.75 Å². The molecule has 0 spiro atoms. The second-order valence-electron chi connectivity index (χ2n) is 2.95. The van der Waals surface area contributed by atoms with Crippen LogP contribution in [0.1, 0.15) is 24.1 Å². The quantitative estimate of drug-likeness (QED) is 0.706. The molecule has 66 valence electrons. The Bertz CT molecular complexity index is 297. The molecule has 1 atom stereocenters. The third-order valence-corrected chi connectivity index (χ3v) is 2.21. The summed E-state index contributed by atoms with van der Waals surface area (Å²) in [4.78, 5) is 0. The van der Waals surface area contributed by atoms with Gasteiger partial charge in [0.15, 0.2) is 0 Å². The Morgan fingerprint density at radius 3 is 2.58 bits per heavy atom. The lowest BCUT2D eigenvalue weighted by molar-refractivity contribution is 0.463. The molecule has 0 radical (unpaired) electrons. The van der Waals surface area contributed by atoms with Crippen LogP contribution >= 0.6 is 11.6 Å². The fourth-order valence-electron chi connectivity index (χ4n) is 1.05. The molecule has 0 bridgehead atoms. The number of benzene rings is 1. The van der Waals surface area contributed by atoms with E-state index in [9.17, 15) is 5.11 Å². The van der Waals surface area contributed by atoms with E-state index in [-0.39, 0.29) is 11.8 Å². The summed E-state index contributed by atoms with van der Waals surface area (Å²) in [5, 5.41) is 10.1. The van der Waals surface area contributed by atoms with Crippen molar-refractivity contribution < 1.29 is 5.11 Å². The van der Waals surface area contributed by atoms with Crippen molar-refractivity contribution in [3.63, 3.8) is 0 Å². The van der Waals surface area contributed by atoms with Gasteiger partial charge in [0.1, 0.15) is 5.75 Å². The second kappa shape index (κ2) is 3.33. The molecule has 1 aromatic carbocycles. The molecule has 0 heterocycles. The Kier molecular flexibility index (Phi) is 2.60. The summed E-state index contributed by atoms with van der Waals surface area (Å²) in [6, 6.07) is 3.14. The normalized spacial score (nSPS) is 13.0. The van der Waals surface area contributed by atoms with E-state index in [1.165, 1.54) is 0 Å². The van der Waals surface area contributed by atoms with E-state index in [1.807, 2.05) is 6.92 Å². The Morgan fingerprint density at radius 1 is 1.50 bits per heavy atom. The smallest absolute Gasteiger partial charge is 0.120 e. The van der Waals surface area contributed by atoms with E-state index >= 15 is 0 Å². The van der Waals surface area contributed by atoms with Gasteiger partial charge in [0.25, 0.3) is 0 Å². The van der Waals surface area contributed by atoms with Gasteiger partial charge in [-0.3, -0.25) is 0 Å². The summed E-state index contributed by atoms with van der Waals surface area (Å²) in [5.41, 5.74) is 7.16. The predicted molar refractivity (Wildman–Crippen MR) is 50.5 cm³/mol. The lowest BCUT2D eigenvalue weighted by Crippen LogP contribution is -2.05. The zero-order valence-corrected chi connectivity index (χ0v) is 7.89. The van der Waals surface area contributed by atoms with Crippen LogP contribution in [-0.2, 0) is 0 Å². The van der Waals surface area contributed by atoms with E-state index in [4.69, 9.17) is 17.3 Å². The number of hydrogen-bond acceptors (Lipinski definition) is 2. The molecule has 3 N–H and O–H groups in total. The molecule has 12 heavy (non-hydrogen) atoms. The molecule has 0 saturated carbocycles. The zero-order chi connectivity index (χ0) is 9.30. The van der Waals surface area contributed by atoms with E-state index in [1.54, 1.807) is 19.1 Å². The Morgan fingerprint density at radius 2 is 2.08 bits per heavy atom. The molecule has 1 unspecified atom stereocenters. The summed E-state index contributed by atoms with van der Waals surface area (Å²) in [6.07, 6.45) is 0. The first-order valence-corrected chi connectivity index (χ1v) is 4.14. The van der Waals surface area contributed by atoms with Crippen LogP contribution in [0.25, 0.3) is 0 Å². The van der Waals surface area contributed by atoms with Crippen LogP contribution in [0.2, 0.25) is 5.02 Å². The largest absolute Gasteiger partial charge is 0.508 e. The molecule has 1 aromatic rings. The van der Waals surface area contributed by atoms with Crippen molar-refractivity contribution in [2.45, 2.75) is 19.9 Å². The van der Waals surface area contributed by atoms with Gasteiger partial charge in [-0.25, -0.2) is 0 Å². The van der Waals surface area contributed by atoms with Crippen LogP contribution in [0.15, 0.2) is 12.1 Å². The first-order valence-electron chi connectivity index (χ1n) is 3.77. The number of hydrogen-bond donors (Lipinski definition) is 2. The van der Waals surface area contributed by atoms with Gasteiger partial charge in [0.05, 0.1) is 0 Å². The number of nitrogens with two attached hydrogens (primary N) is 1. The van der Waals surface area contributed by atoms with Crippen molar-refractivity contribution in [2.24, 2.45) is 5.73 Å². The molecule has 0 aromatic heterocycles. The highest BCUT2D eigenvalue weighted by Crippen LogP contribution is 2.28. The van der Waals surface area contributed by atoms with Crippen molar-refractivity contribution >= 4 is 11.6 Å². The van der Waals surface area contributed by atoms with Gasteiger partial charge in [-0.1, -0.05) is 11.6 Å². The maximum atomic E-state index is 9.45. The molecule has 0 fully saturated rings. The molecule has 0 aliphatic heterocycles. The van der Waals surface area contributed by atoms with Crippen LogP contribution in [-0.4, -0.2) is 5.11 Å². The number of halogens is 1. The zero-order valence-electron chi connectivity index (χ0n) is 7.13. The molecule has 1 rings (SSSR count). The number of phenolic OH excluding ortho intramolecular Hbond substituents is 1. The maximum absolute atomic E-state index is 9.45. The van der Waals surface area contributed by atoms with E-state index in [2.05, 4.69) is 0 Å². The van der Waals surface area contributed by atoms with Gasteiger partial charge < -0.3 is 10.8 Å². The molecular formula is C9H12ClNO. The van der Waals surface area contributed by atoms with Crippen molar-refractivity contribution in [2.75, 3.05) is 0 Å². The molecular weight excluding hydrogens is 174 g/mol. The average Bonchev–Trinajstić information content (AvgIpc) is 1.96. The molecule has 0 aliphatic carbocycles. The molecule has 3 heteroatoms. The minimum atomic E-state index is -0.192. The lowest BCUT2D eigenvalue weighted by Gasteiger charge is -2.09. The third kappa shape index (κ3) is 1.71. The highest BCUT2D eigenvalue weighted by atomic mass is 35.5. The number of aromatic hydroxyl groups is 1. The Balaban J connectivity index is 3.23. The monoisotopic (exact) mass is 185 g/mol. The number of aryl methyl sites for hydroxylation is 1. The Hall–Kier alpha value is -0.730. The van der Waals surface area contributed by atoms with Gasteiger partial charge in [0.2, 0.25) is 0 Å². The van der Waals surface area contributed by atoms with Gasteiger partial charge >= 0.3 is 0 Å². The van der Waals surface area contributed by atoms with Gasteiger partial charge in [-0.2, -0.15) is 0 Å². The van der Waals surface area contributed by atoms with E-state index < -0.39 is 0 Å². The summed E-state index contributed by atoms with van der Waals surface area (Å²) in [7, 11) is 0. The molecule has 2 nitrogen and oxygen atoms in total. The standard InChI is InChI=1S/C9H12ClNO/c1-5-3-9(12)7(6(2)11)4-8(5)10/h3-4,6,12H,11H2,1-2H3. The van der Waals surface area contributed by atoms with Crippen LogP contribution in [0.5, 0.6) is 5.75 Å². The Labute approximate surface area is 77.0 Å². The van der Waals surface area contributed by atoms with Crippen LogP contribution in [0.4, 0.5) is 0 Å². The van der Waals surface area contributed by atoms with Gasteiger partial charge in [-0.15, -0.1) is 0 Å². The fraction of sp³-hybridized carbons (Fsp3) is 0.333. The third-order valence-electron chi connectivity index (χ3n) is 1.80. The highest BCUT2D eigenvalue weighted by molar-refractivity contribution is 6.31. The SMILES string of the molecule is Cc1cc(O)c(C(C)N)cc1Cl. The molecule has 0 amide bonds.